The number of hydrogen-bond donors (Lipinski definition) is 0. The van der Waals surface area contributed by atoms with Crippen molar-refractivity contribution >= 4 is 16.8 Å². The Balaban J connectivity index is 1.76. The van der Waals surface area contributed by atoms with E-state index in [-0.39, 0.29) is 0 Å². The Bertz CT molecular complexity index is 959. The largest absolute Gasteiger partial charge is 0.367 e. The number of fused-ring (bicyclic) bond motifs is 4. The van der Waals surface area contributed by atoms with Crippen molar-refractivity contribution in [1.29, 1.82) is 0 Å². The summed E-state index contributed by atoms with van der Waals surface area (Å²) in [7, 11) is 4.36. The first kappa shape index (κ1) is 13.1. The number of hydrogen-bond acceptors (Lipinski definition) is 2. The second-order valence-electron chi connectivity index (χ2n) is 6.93. The molecule has 0 saturated carbocycles. The molecule has 0 atom stereocenters. The van der Waals surface area contributed by atoms with Crippen molar-refractivity contribution in [1.82, 2.24) is 9.80 Å². The van der Waals surface area contributed by atoms with Gasteiger partial charge in [0.25, 0.3) is 0 Å². The van der Waals surface area contributed by atoms with Crippen molar-refractivity contribution < 1.29 is 0 Å². The number of likely N-dealkylation sites (tertiary alicyclic amines) is 1. The lowest BCUT2D eigenvalue weighted by Crippen LogP contribution is -2.57. The van der Waals surface area contributed by atoms with Gasteiger partial charge >= 0.3 is 0 Å². The molecular formula is C21H20N2. The van der Waals surface area contributed by atoms with Crippen molar-refractivity contribution in [3.05, 3.63) is 76.2 Å². The van der Waals surface area contributed by atoms with Crippen LogP contribution in [0.3, 0.4) is 0 Å². The van der Waals surface area contributed by atoms with Gasteiger partial charge in [0.2, 0.25) is 0 Å². The van der Waals surface area contributed by atoms with Crippen LogP contribution >= 0.6 is 0 Å². The summed E-state index contributed by atoms with van der Waals surface area (Å²) in [5.74, 6) is 0. The predicted molar refractivity (Wildman–Crippen MR) is 95.1 cm³/mol. The quantitative estimate of drug-likeness (QED) is 0.832. The van der Waals surface area contributed by atoms with Crippen molar-refractivity contribution in [2.45, 2.75) is 6.04 Å². The lowest BCUT2D eigenvalue weighted by atomic mass is 9.97. The Morgan fingerprint density at radius 1 is 0.870 bits per heavy atom. The highest BCUT2D eigenvalue weighted by molar-refractivity contribution is 6.21. The molecule has 1 heterocycles. The van der Waals surface area contributed by atoms with Crippen LogP contribution < -0.4 is 10.4 Å². The molecule has 2 heteroatoms. The first-order valence-corrected chi connectivity index (χ1v) is 8.31. The molecule has 2 aromatic carbocycles. The zero-order chi connectivity index (χ0) is 15.6. The average Bonchev–Trinajstić information content (AvgIpc) is 3.30. The molecule has 0 radical (unpaired) electrons. The molecule has 0 unspecified atom stereocenters. The smallest absolute Gasteiger partial charge is 0.0527 e. The fourth-order valence-electron chi connectivity index (χ4n) is 3.85. The van der Waals surface area contributed by atoms with E-state index in [0.717, 1.165) is 13.1 Å². The molecule has 5 rings (SSSR count). The van der Waals surface area contributed by atoms with E-state index >= 15 is 0 Å². The normalized spacial score (nSPS) is 18.7. The molecule has 23 heavy (non-hydrogen) atoms. The zero-order valence-corrected chi connectivity index (χ0v) is 13.6. The maximum Gasteiger partial charge on any atom is 0.0527 e. The second kappa shape index (κ2) is 4.59. The molecule has 2 aliphatic carbocycles. The molecule has 1 saturated heterocycles. The second-order valence-corrected chi connectivity index (χ2v) is 6.93. The lowest BCUT2D eigenvalue weighted by molar-refractivity contribution is 0.115. The van der Waals surface area contributed by atoms with Crippen LogP contribution in [-0.2, 0) is 0 Å². The van der Waals surface area contributed by atoms with Crippen LogP contribution in [0.25, 0.3) is 16.8 Å². The Labute approximate surface area is 136 Å². The third-order valence-electron chi connectivity index (χ3n) is 5.35. The topological polar surface area (TPSA) is 6.48 Å². The molecule has 0 aromatic heterocycles. The van der Waals surface area contributed by atoms with Crippen molar-refractivity contribution in [2.75, 3.05) is 27.2 Å². The van der Waals surface area contributed by atoms with Gasteiger partial charge in [0.1, 0.15) is 0 Å². The van der Waals surface area contributed by atoms with Gasteiger partial charge in [0.05, 0.1) is 5.70 Å². The summed E-state index contributed by atoms with van der Waals surface area (Å²) in [4.78, 5) is 4.88. The van der Waals surface area contributed by atoms with E-state index < -0.39 is 0 Å². The SMILES string of the molecule is CN(C)C1CN(C2=c3ccccc3=C3C=C3c3ccccc32)C1. The van der Waals surface area contributed by atoms with Crippen molar-refractivity contribution in [2.24, 2.45) is 0 Å². The van der Waals surface area contributed by atoms with Crippen LogP contribution in [0.5, 0.6) is 0 Å². The lowest BCUT2D eigenvalue weighted by Gasteiger charge is -2.45. The minimum absolute atomic E-state index is 0.659. The van der Waals surface area contributed by atoms with Gasteiger partial charge in [0.15, 0.2) is 0 Å². The summed E-state index contributed by atoms with van der Waals surface area (Å²) in [6, 6.07) is 18.4. The molecule has 114 valence electrons. The fourth-order valence-corrected chi connectivity index (χ4v) is 3.85. The number of allylic oxidation sites excluding steroid dienone is 2. The van der Waals surface area contributed by atoms with Crippen LogP contribution in [0.2, 0.25) is 0 Å². The van der Waals surface area contributed by atoms with E-state index in [1.54, 1.807) is 0 Å². The predicted octanol–water partition coefficient (Wildman–Crippen LogP) is 1.65. The van der Waals surface area contributed by atoms with Crippen LogP contribution in [-0.4, -0.2) is 43.0 Å². The van der Waals surface area contributed by atoms with Gasteiger partial charge in [-0.25, -0.2) is 0 Å². The summed E-state index contributed by atoms with van der Waals surface area (Å²) in [5.41, 5.74) is 7.04. The highest BCUT2D eigenvalue weighted by Gasteiger charge is 2.34. The highest BCUT2D eigenvalue weighted by Crippen LogP contribution is 2.43. The summed E-state index contributed by atoms with van der Waals surface area (Å²) < 4.78 is 0. The van der Waals surface area contributed by atoms with E-state index in [4.69, 9.17) is 0 Å². The van der Waals surface area contributed by atoms with E-state index in [1.165, 1.54) is 38.4 Å². The number of rotatable bonds is 2. The van der Waals surface area contributed by atoms with Gasteiger partial charge in [0, 0.05) is 29.9 Å². The molecule has 2 nitrogen and oxygen atoms in total. The molecule has 3 aliphatic rings. The monoisotopic (exact) mass is 300 g/mol. The first-order chi connectivity index (χ1) is 11.2. The van der Waals surface area contributed by atoms with Gasteiger partial charge in [-0.05, 0) is 42.1 Å². The average molecular weight is 300 g/mol. The van der Waals surface area contributed by atoms with Crippen molar-refractivity contribution in [3.63, 3.8) is 0 Å². The molecule has 0 bridgehead atoms. The Morgan fingerprint density at radius 2 is 1.52 bits per heavy atom. The Hall–Kier alpha value is -2.32. The van der Waals surface area contributed by atoms with Gasteiger partial charge in [-0.15, -0.1) is 0 Å². The maximum atomic E-state index is 2.55. The standard InChI is InChI=1S/C21H20N2/c1-22(2)14-12-23(13-14)21-17-9-5-3-7-15(17)19-11-20(19)16-8-4-6-10-18(16)21/h3-11,14H,12-13H2,1-2H3. The van der Waals surface area contributed by atoms with Crippen molar-refractivity contribution in [3.8, 4) is 0 Å². The minimum Gasteiger partial charge on any atom is -0.367 e. The third-order valence-corrected chi connectivity index (χ3v) is 5.35. The molecule has 0 spiro atoms. The summed E-state index contributed by atoms with van der Waals surface area (Å²) >= 11 is 0. The fraction of sp³-hybridized carbons (Fsp3) is 0.238. The van der Waals surface area contributed by atoms with Crippen LogP contribution in [0.1, 0.15) is 11.1 Å². The maximum absolute atomic E-state index is 2.55. The van der Waals surface area contributed by atoms with E-state index in [0.29, 0.717) is 6.04 Å². The molecule has 2 aromatic rings. The van der Waals surface area contributed by atoms with Gasteiger partial charge in [-0.1, -0.05) is 48.5 Å². The third kappa shape index (κ3) is 1.85. The number of likely N-dealkylation sites (N-methyl/N-ethyl adjacent to an activating group) is 1. The molecular weight excluding hydrogens is 280 g/mol. The van der Waals surface area contributed by atoms with Gasteiger partial charge in [-0.2, -0.15) is 0 Å². The van der Waals surface area contributed by atoms with E-state index in [2.05, 4.69) is 78.5 Å². The summed E-state index contributed by atoms with van der Waals surface area (Å²) in [6.45, 7) is 2.22. The van der Waals surface area contributed by atoms with Crippen LogP contribution in [0.15, 0.2) is 54.6 Å². The summed E-state index contributed by atoms with van der Waals surface area (Å²) in [5, 5.41) is 2.78. The van der Waals surface area contributed by atoms with E-state index in [9.17, 15) is 0 Å². The number of benzene rings is 2. The van der Waals surface area contributed by atoms with Crippen LogP contribution in [0.4, 0.5) is 0 Å². The zero-order valence-electron chi connectivity index (χ0n) is 13.6. The molecule has 1 fully saturated rings. The Morgan fingerprint density at radius 3 is 2.26 bits per heavy atom. The first-order valence-electron chi connectivity index (χ1n) is 8.31. The minimum atomic E-state index is 0.659. The molecule has 0 N–H and O–H groups in total. The van der Waals surface area contributed by atoms with Crippen LogP contribution in [0, 0.1) is 0 Å². The van der Waals surface area contributed by atoms with Gasteiger partial charge in [-0.3, -0.25) is 0 Å². The van der Waals surface area contributed by atoms with E-state index in [1.807, 2.05) is 0 Å². The highest BCUT2D eigenvalue weighted by atomic mass is 15.3. The molecule has 0 amide bonds. The number of nitrogens with zero attached hydrogens (tertiary/aromatic N) is 2. The molecule has 1 aliphatic heterocycles. The van der Waals surface area contributed by atoms with Gasteiger partial charge < -0.3 is 9.80 Å². The summed E-state index contributed by atoms with van der Waals surface area (Å²) in [6.07, 6.45) is 2.33. The Kier molecular flexibility index (Phi) is 2.62.